The van der Waals surface area contributed by atoms with Gasteiger partial charge in [-0.1, -0.05) is 34.1 Å². The molecule has 0 radical (unpaired) electrons. The number of aromatic nitrogens is 1. The Kier molecular flexibility index (Phi) is 4.23. The third-order valence-corrected chi connectivity index (χ3v) is 4.59. The molecule has 0 saturated carbocycles. The van der Waals surface area contributed by atoms with E-state index in [1.165, 1.54) is 5.56 Å². The molecule has 0 atom stereocenters. The Morgan fingerprint density at radius 3 is 2.62 bits per heavy atom. The van der Waals surface area contributed by atoms with Crippen LogP contribution in [0.5, 0.6) is 0 Å². The summed E-state index contributed by atoms with van der Waals surface area (Å²) in [5, 5.41) is 10.9. The first-order chi connectivity index (χ1) is 10.2. The Bertz CT molecular complexity index is 822. The van der Waals surface area contributed by atoms with Gasteiger partial charge in [0, 0.05) is 15.6 Å². The molecule has 2 aromatic carbocycles. The third-order valence-electron chi connectivity index (χ3n) is 3.10. The van der Waals surface area contributed by atoms with Crippen molar-refractivity contribution in [3.63, 3.8) is 0 Å². The zero-order valence-electron chi connectivity index (χ0n) is 11.1. The van der Waals surface area contributed by atoms with Crippen LogP contribution in [0.3, 0.4) is 0 Å². The normalized spacial score (nSPS) is 10.5. The van der Waals surface area contributed by atoms with Gasteiger partial charge < -0.3 is 0 Å². The summed E-state index contributed by atoms with van der Waals surface area (Å²) < 4.78 is 1.06. The fourth-order valence-electron chi connectivity index (χ4n) is 1.99. The fraction of sp³-hybridized carbons (Fsp3) is 0.0588. The van der Waals surface area contributed by atoms with E-state index >= 15 is 0 Å². The smallest absolute Gasteiger partial charge is 0.0991 e. The molecule has 4 heteroatoms. The lowest BCUT2D eigenvalue weighted by Crippen LogP contribution is -1.85. The number of pyridine rings is 1. The molecule has 0 aliphatic heterocycles. The van der Waals surface area contributed by atoms with Crippen molar-refractivity contribution in [1.82, 2.24) is 4.98 Å². The maximum atomic E-state index is 8.79. The fourth-order valence-corrected chi connectivity index (χ4v) is 3.20. The van der Waals surface area contributed by atoms with Gasteiger partial charge in [0.1, 0.15) is 0 Å². The topological polar surface area (TPSA) is 36.7 Å². The van der Waals surface area contributed by atoms with E-state index in [4.69, 9.17) is 5.26 Å². The summed E-state index contributed by atoms with van der Waals surface area (Å²) in [5.41, 5.74) is 2.89. The highest BCUT2D eigenvalue weighted by Crippen LogP contribution is 2.25. The summed E-state index contributed by atoms with van der Waals surface area (Å²) in [4.78, 5) is 4.65. The highest BCUT2D eigenvalue weighted by molar-refractivity contribution is 9.10. The van der Waals surface area contributed by atoms with Gasteiger partial charge >= 0.3 is 0 Å². The number of benzene rings is 2. The van der Waals surface area contributed by atoms with Crippen LogP contribution < -0.4 is 0 Å². The van der Waals surface area contributed by atoms with E-state index < -0.39 is 0 Å². The standard InChI is InChI=1S/C17H11BrN2S/c18-15-6-7-16-14(9-15)5-8-17(20-16)21-11-13-3-1-12(10-19)2-4-13/h1-9H,11H2. The summed E-state index contributed by atoms with van der Waals surface area (Å²) in [6, 6.07) is 20.0. The van der Waals surface area contributed by atoms with Gasteiger partial charge in [0.25, 0.3) is 0 Å². The molecular formula is C17H11BrN2S. The van der Waals surface area contributed by atoms with Crippen LogP contribution in [-0.2, 0) is 5.75 Å². The second-order valence-corrected chi connectivity index (χ2v) is 6.50. The van der Waals surface area contributed by atoms with Crippen LogP contribution in [0.2, 0.25) is 0 Å². The minimum atomic E-state index is 0.693. The Morgan fingerprint density at radius 1 is 1.05 bits per heavy atom. The van der Waals surface area contributed by atoms with Crippen LogP contribution in [0.4, 0.5) is 0 Å². The minimum Gasteiger partial charge on any atom is -0.241 e. The average Bonchev–Trinajstić information content (AvgIpc) is 2.53. The number of hydrogen-bond acceptors (Lipinski definition) is 3. The Balaban J connectivity index is 1.75. The highest BCUT2D eigenvalue weighted by Gasteiger charge is 2.01. The van der Waals surface area contributed by atoms with Crippen molar-refractivity contribution in [2.75, 3.05) is 0 Å². The lowest BCUT2D eigenvalue weighted by atomic mass is 10.2. The number of fused-ring (bicyclic) bond motifs is 1. The molecule has 0 aliphatic rings. The Morgan fingerprint density at radius 2 is 1.86 bits per heavy atom. The molecule has 0 fully saturated rings. The molecule has 0 aliphatic carbocycles. The molecule has 1 aromatic heterocycles. The van der Waals surface area contributed by atoms with Crippen molar-refractivity contribution >= 4 is 38.6 Å². The molecule has 102 valence electrons. The van der Waals surface area contributed by atoms with Gasteiger partial charge in [0.2, 0.25) is 0 Å². The third kappa shape index (κ3) is 3.44. The molecule has 0 bridgehead atoms. The maximum absolute atomic E-state index is 8.79. The molecule has 0 spiro atoms. The van der Waals surface area contributed by atoms with Crippen molar-refractivity contribution < 1.29 is 0 Å². The van der Waals surface area contributed by atoms with Gasteiger partial charge in [-0.25, -0.2) is 4.98 Å². The molecule has 0 unspecified atom stereocenters. The van der Waals surface area contributed by atoms with Gasteiger partial charge in [-0.05, 0) is 42.0 Å². The average molecular weight is 355 g/mol. The number of rotatable bonds is 3. The highest BCUT2D eigenvalue weighted by atomic mass is 79.9. The van der Waals surface area contributed by atoms with Crippen LogP contribution in [0.25, 0.3) is 10.9 Å². The quantitative estimate of drug-likeness (QED) is 0.609. The number of nitriles is 1. The molecule has 1 heterocycles. The number of thioether (sulfide) groups is 1. The Hall–Kier alpha value is -1.83. The van der Waals surface area contributed by atoms with Gasteiger partial charge in [-0.3, -0.25) is 0 Å². The van der Waals surface area contributed by atoms with Crippen molar-refractivity contribution in [2.45, 2.75) is 10.8 Å². The largest absolute Gasteiger partial charge is 0.241 e. The predicted molar refractivity (Wildman–Crippen MR) is 90.2 cm³/mol. The van der Waals surface area contributed by atoms with Crippen LogP contribution in [0.15, 0.2) is 64.1 Å². The zero-order chi connectivity index (χ0) is 14.7. The molecule has 2 nitrogen and oxygen atoms in total. The Labute approximate surface area is 136 Å². The summed E-state index contributed by atoms with van der Waals surface area (Å²) >= 11 is 5.17. The molecule has 0 amide bonds. The summed E-state index contributed by atoms with van der Waals surface area (Å²) in [6.45, 7) is 0. The van der Waals surface area contributed by atoms with E-state index in [0.717, 1.165) is 26.2 Å². The van der Waals surface area contributed by atoms with Crippen LogP contribution >= 0.6 is 27.7 Å². The van der Waals surface area contributed by atoms with Gasteiger partial charge in [0.05, 0.1) is 22.2 Å². The van der Waals surface area contributed by atoms with Crippen LogP contribution in [-0.4, -0.2) is 4.98 Å². The second kappa shape index (κ2) is 6.30. The summed E-state index contributed by atoms with van der Waals surface area (Å²) in [7, 11) is 0. The first-order valence-electron chi connectivity index (χ1n) is 6.43. The van der Waals surface area contributed by atoms with Crippen LogP contribution in [0, 0.1) is 11.3 Å². The molecular weight excluding hydrogens is 344 g/mol. The van der Waals surface area contributed by atoms with Crippen molar-refractivity contribution in [3.05, 3.63) is 70.2 Å². The number of nitrogens with zero attached hydrogens (tertiary/aromatic N) is 2. The minimum absolute atomic E-state index is 0.693. The van der Waals surface area contributed by atoms with E-state index in [0.29, 0.717) is 5.56 Å². The maximum Gasteiger partial charge on any atom is 0.0991 e. The van der Waals surface area contributed by atoms with E-state index in [1.54, 1.807) is 11.8 Å². The van der Waals surface area contributed by atoms with Crippen LogP contribution in [0.1, 0.15) is 11.1 Å². The van der Waals surface area contributed by atoms with E-state index in [2.05, 4.69) is 39.1 Å². The van der Waals surface area contributed by atoms with Gasteiger partial charge in [0.15, 0.2) is 0 Å². The second-order valence-electron chi connectivity index (χ2n) is 4.58. The van der Waals surface area contributed by atoms with Gasteiger partial charge in [-0.15, -0.1) is 11.8 Å². The SMILES string of the molecule is N#Cc1ccc(CSc2ccc3cc(Br)ccc3n2)cc1. The first-order valence-corrected chi connectivity index (χ1v) is 8.20. The number of halogens is 1. The molecule has 0 N–H and O–H groups in total. The first kappa shape index (κ1) is 14.1. The summed E-state index contributed by atoms with van der Waals surface area (Å²) in [6.07, 6.45) is 0. The van der Waals surface area contributed by atoms with Crippen molar-refractivity contribution in [3.8, 4) is 6.07 Å². The lowest BCUT2D eigenvalue weighted by Gasteiger charge is -2.04. The molecule has 0 saturated heterocycles. The molecule has 3 aromatic rings. The molecule has 3 rings (SSSR count). The van der Waals surface area contributed by atoms with Crippen molar-refractivity contribution in [2.24, 2.45) is 0 Å². The zero-order valence-corrected chi connectivity index (χ0v) is 13.5. The lowest BCUT2D eigenvalue weighted by molar-refractivity contribution is 1.18. The number of hydrogen-bond donors (Lipinski definition) is 0. The van der Waals surface area contributed by atoms with E-state index in [-0.39, 0.29) is 0 Å². The van der Waals surface area contributed by atoms with Crippen molar-refractivity contribution in [1.29, 1.82) is 5.26 Å². The summed E-state index contributed by atoms with van der Waals surface area (Å²) in [5.74, 6) is 0.848. The predicted octanol–water partition coefficient (Wildman–Crippen LogP) is 5.16. The van der Waals surface area contributed by atoms with E-state index in [1.807, 2.05) is 42.5 Å². The monoisotopic (exact) mass is 354 g/mol. The van der Waals surface area contributed by atoms with Gasteiger partial charge in [-0.2, -0.15) is 5.26 Å². The molecule has 21 heavy (non-hydrogen) atoms. The van der Waals surface area contributed by atoms with E-state index in [9.17, 15) is 0 Å².